The lowest BCUT2D eigenvalue weighted by Gasteiger charge is -2.04. The van der Waals surface area contributed by atoms with Gasteiger partial charge in [-0.25, -0.2) is 5.43 Å². The zero-order valence-electron chi connectivity index (χ0n) is 12.4. The van der Waals surface area contributed by atoms with Crippen molar-refractivity contribution >= 4 is 12.1 Å². The highest BCUT2D eigenvalue weighted by atomic mass is 16.5. The van der Waals surface area contributed by atoms with Gasteiger partial charge in [-0.2, -0.15) is 5.10 Å². The smallest absolute Gasteiger partial charge is 0.277 e. The van der Waals surface area contributed by atoms with Crippen molar-refractivity contribution in [2.24, 2.45) is 5.10 Å². The SMILES string of the molecule is CCOc1ccc(/C=N/NC(=O)COc2ccccc2)cc1. The van der Waals surface area contributed by atoms with E-state index in [1.54, 1.807) is 18.3 Å². The molecule has 0 saturated carbocycles. The first-order valence-electron chi connectivity index (χ1n) is 7.00. The van der Waals surface area contributed by atoms with Crippen LogP contribution in [0.1, 0.15) is 12.5 Å². The summed E-state index contributed by atoms with van der Waals surface area (Å²) in [5, 5.41) is 3.88. The first kappa shape index (κ1) is 15.6. The Morgan fingerprint density at radius 3 is 2.41 bits per heavy atom. The molecule has 2 rings (SSSR count). The van der Waals surface area contributed by atoms with Crippen LogP contribution in [0.15, 0.2) is 59.7 Å². The molecule has 5 heteroatoms. The number of nitrogens with zero attached hydrogens (tertiary/aromatic N) is 1. The maximum Gasteiger partial charge on any atom is 0.277 e. The molecule has 0 aliphatic heterocycles. The summed E-state index contributed by atoms with van der Waals surface area (Å²) in [7, 11) is 0. The topological polar surface area (TPSA) is 59.9 Å². The third-order valence-corrected chi connectivity index (χ3v) is 2.71. The molecule has 22 heavy (non-hydrogen) atoms. The van der Waals surface area contributed by atoms with Gasteiger partial charge in [0, 0.05) is 0 Å². The molecule has 2 aromatic carbocycles. The van der Waals surface area contributed by atoms with Gasteiger partial charge in [-0.3, -0.25) is 4.79 Å². The minimum Gasteiger partial charge on any atom is -0.494 e. The van der Waals surface area contributed by atoms with E-state index in [4.69, 9.17) is 9.47 Å². The lowest BCUT2D eigenvalue weighted by molar-refractivity contribution is -0.123. The minimum atomic E-state index is -0.314. The van der Waals surface area contributed by atoms with Gasteiger partial charge >= 0.3 is 0 Å². The summed E-state index contributed by atoms with van der Waals surface area (Å²) in [4.78, 5) is 11.6. The Morgan fingerprint density at radius 1 is 1.05 bits per heavy atom. The van der Waals surface area contributed by atoms with Crippen LogP contribution in [-0.2, 0) is 4.79 Å². The number of amides is 1. The number of hydrogen-bond donors (Lipinski definition) is 1. The van der Waals surface area contributed by atoms with Crippen LogP contribution in [0.25, 0.3) is 0 Å². The Morgan fingerprint density at radius 2 is 1.73 bits per heavy atom. The Kier molecular flexibility index (Phi) is 5.99. The van der Waals surface area contributed by atoms with Gasteiger partial charge in [-0.05, 0) is 48.9 Å². The fourth-order valence-corrected chi connectivity index (χ4v) is 1.69. The zero-order chi connectivity index (χ0) is 15.6. The van der Waals surface area contributed by atoms with Gasteiger partial charge < -0.3 is 9.47 Å². The van der Waals surface area contributed by atoms with Crippen LogP contribution in [0.5, 0.6) is 11.5 Å². The molecule has 1 amide bonds. The van der Waals surface area contributed by atoms with Crippen molar-refractivity contribution in [1.29, 1.82) is 0 Å². The first-order chi connectivity index (χ1) is 10.8. The van der Waals surface area contributed by atoms with Crippen LogP contribution in [0.3, 0.4) is 0 Å². The number of carbonyl (C=O) groups excluding carboxylic acids is 1. The van der Waals surface area contributed by atoms with Crippen molar-refractivity contribution in [3.63, 3.8) is 0 Å². The molecule has 0 bridgehead atoms. The van der Waals surface area contributed by atoms with Gasteiger partial charge in [0.1, 0.15) is 11.5 Å². The molecule has 2 aromatic rings. The Labute approximate surface area is 129 Å². The van der Waals surface area contributed by atoms with Gasteiger partial charge in [0.2, 0.25) is 0 Å². The summed E-state index contributed by atoms with van der Waals surface area (Å²) in [6.07, 6.45) is 1.57. The maximum atomic E-state index is 11.6. The number of carbonyl (C=O) groups is 1. The lowest BCUT2D eigenvalue weighted by Crippen LogP contribution is -2.24. The third-order valence-electron chi connectivity index (χ3n) is 2.71. The van der Waals surface area contributed by atoms with Crippen LogP contribution in [0.2, 0.25) is 0 Å². The molecule has 0 heterocycles. The second-order valence-corrected chi connectivity index (χ2v) is 4.40. The van der Waals surface area contributed by atoms with E-state index in [0.717, 1.165) is 11.3 Å². The van der Waals surface area contributed by atoms with Crippen LogP contribution in [-0.4, -0.2) is 25.3 Å². The normalized spacial score (nSPS) is 10.4. The molecule has 0 aromatic heterocycles. The Bertz CT molecular complexity index is 610. The predicted octanol–water partition coefficient (Wildman–Crippen LogP) is 2.61. The van der Waals surface area contributed by atoms with Crippen LogP contribution < -0.4 is 14.9 Å². The van der Waals surface area contributed by atoms with E-state index in [2.05, 4.69) is 10.5 Å². The summed E-state index contributed by atoms with van der Waals surface area (Å²) in [6, 6.07) is 16.6. The van der Waals surface area contributed by atoms with E-state index < -0.39 is 0 Å². The number of nitrogens with one attached hydrogen (secondary N) is 1. The molecular weight excluding hydrogens is 280 g/mol. The second-order valence-electron chi connectivity index (χ2n) is 4.40. The molecular formula is C17H18N2O3. The molecule has 0 spiro atoms. The summed E-state index contributed by atoms with van der Waals surface area (Å²) >= 11 is 0. The monoisotopic (exact) mass is 298 g/mol. The van der Waals surface area contributed by atoms with Crippen molar-refractivity contribution in [2.75, 3.05) is 13.2 Å². The number of benzene rings is 2. The molecule has 0 aliphatic carbocycles. The third kappa shape index (κ3) is 5.28. The summed E-state index contributed by atoms with van der Waals surface area (Å²) in [6.45, 7) is 2.48. The summed E-state index contributed by atoms with van der Waals surface area (Å²) in [5.74, 6) is 1.14. The quantitative estimate of drug-likeness (QED) is 0.631. The van der Waals surface area contributed by atoms with E-state index in [1.165, 1.54) is 0 Å². The molecule has 0 aliphatic rings. The van der Waals surface area contributed by atoms with Crippen molar-refractivity contribution in [2.45, 2.75) is 6.92 Å². The van der Waals surface area contributed by atoms with Gasteiger partial charge in [0.15, 0.2) is 6.61 Å². The molecule has 5 nitrogen and oxygen atoms in total. The van der Waals surface area contributed by atoms with Crippen LogP contribution in [0, 0.1) is 0 Å². The van der Waals surface area contributed by atoms with E-state index in [9.17, 15) is 4.79 Å². The molecule has 114 valence electrons. The molecule has 1 N–H and O–H groups in total. The Hall–Kier alpha value is -2.82. The Balaban J connectivity index is 1.75. The van der Waals surface area contributed by atoms with E-state index in [0.29, 0.717) is 12.4 Å². The maximum absolute atomic E-state index is 11.6. The van der Waals surface area contributed by atoms with E-state index >= 15 is 0 Å². The van der Waals surface area contributed by atoms with Crippen molar-refractivity contribution in [3.8, 4) is 11.5 Å². The molecule has 0 fully saturated rings. The van der Waals surface area contributed by atoms with Crippen molar-refractivity contribution in [1.82, 2.24) is 5.43 Å². The average Bonchev–Trinajstić information content (AvgIpc) is 2.56. The zero-order valence-corrected chi connectivity index (χ0v) is 12.4. The molecule has 0 radical (unpaired) electrons. The summed E-state index contributed by atoms with van der Waals surface area (Å²) < 4.78 is 10.7. The fraction of sp³-hybridized carbons (Fsp3) is 0.176. The molecule has 0 atom stereocenters. The highest BCUT2D eigenvalue weighted by Gasteiger charge is 2.00. The van der Waals surface area contributed by atoms with Crippen molar-refractivity contribution < 1.29 is 14.3 Å². The number of para-hydroxylation sites is 1. The van der Waals surface area contributed by atoms with E-state index in [-0.39, 0.29) is 12.5 Å². The number of hydrazone groups is 1. The molecule has 0 saturated heterocycles. The lowest BCUT2D eigenvalue weighted by atomic mass is 10.2. The van der Waals surface area contributed by atoms with Crippen LogP contribution >= 0.6 is 0 Å². The van der Waals surface area contributed by atoms with Gasteiger partial charge in [0.05, 0.1) is 12.8 Å². The van der Waals surface area contributed by atoms with Crippen molar-refractivity contribution in [3.05, 3.63) is 60.2 Å². The number of ether oxygens (including phenoxy) is 2. The average molecular weight is 298 g/mol. The molecule has 0 unspecified atom stereocenters. The summed E-state index contributed by atoms with van der Waals surface area (Å²) in [5.41, 5.74) is 3.28. The first-order valence-corrected chi connectivity index (χ1v) is 7.00. The number of hydrogen-bond acceptors (Lipinski definition) is 4. The largest absolute Gasteiger partial charge is 0.494 e. The number of rotatable bonds is 7. The van der Waals surface area contributed by atoms with Gasteiger partial charge in [-0.15, -0.1) is 0 Å². The highest BCUT2D eigenvalue weighted by molar-refractivity contribution is 5.83. The van der Waals surface area contributed by atoms with Gasteiger partial charge in [-0.1, -0.05) is 18.2 Å². The standard InChI is InChI=1S/C17H18N2O3/c1-2-21-16-10-8-14(9-11-16)12-18-19-17(20)13-22-15-6-4-3-5-7-15/h3-12H,2,13H2,1H3,(H,19,20)/b18-12+. The van der Waals surface area contributed by atoms with E-state index in [1.807, 2.05) is 49.4 Å². The van der Waals surface area contributed by atoms with Gasteiger partial charge in [0.25, 0.3) is 5.91 Å². The second kappa shape index (κ2) is 8.46. The predicted molar refractivity (Wildman–Crippen MR) is 85.3 cm³/mol. The minimum absolute atomic E-state index is 0.0787. The van der Waals surface area contributed by atoms with Crippen LogP contribution in [0.4, 0.5) is 0 Å². The highest BCUT2D eigenvalue weighted by Crippen LogP contribution is 2.10. The fourth-order valence-electron chi connectivity index (χ4n) is 1.69.